The molecule has 0 aromatic heterocycles. The second-order valence-electron chi connectivity index (χ2n) is 6.61. The number of benzene rings is 1. The average molecular weight is 468 g/mol. The van der Waals surface area contributed by atoms with Crippen LogP contribution in [-0.2, 0) is 35.8 Å². The first-order chi connectivity index (χ1) is 15.2. The van der Waals surface area contributed by atoms with Gasteiger partial charge >= 0.3 is 12.1 Å². The number of ether oxygens (including phenoxy) is 1. The fraction of sp³-hybridized carbons (Fsp3) is 0.368. The number of hydroxylamine groups is 2. The zero-order chi connectivity index (χ0) is 23.6. The number of amidine groups is 1. The van der Waals surface area contributed by atoms with Crippen LogP contribution < -0.4 is 15.8 Å². The maximum Gasteiger partial charge on any atom is 0.421 e. The van der Waals surface area contributed by atoms with Gasteiger partial charge in [0.05, 0.1) is 24.4 Å². The Morgan fingerprint density at radius 3 is 2.59 bits per heavy atom. The van der Waals surface area contributed by atoms with Crippen molar-refractivity contribution in [2.75, 3.05) is 18.8 Å². The molecule has 0 bridgehead atoms. The summed E-state index contributed by atoms with van der Waals surface area (Å²) in [5, 5.41) is 2.90. The lowest BCUT2D eigenvalue weighted by Crippen LogP contribution is -2.44. The SMILES string of the molecule is CCCCS(=O)(=O)NC(=O)C1=CN=C(OC(=O)NC(=O)CN)N(OCc2ccccc2)C1. The Morgan fingerprint density at radius 1 is 1.22 bits per heavy atom. The molecule has 0 saturated carbocycles. The van der Waals surface area contributed by atoms with Crippen molar-refractivity contribution in [3.63, 3.8) is 0 Å². The quantitative estimate of drug-likeness (QED) is 0.457. The number of hydrogen-bond donors (Lipinski definition) is 3. The topological polar surface area (TPSA) is 169 Å². The highest BCUT2D eigenvalue weighted by Gasteiger charge is 2.28. The van der Waals surface area contributed by atoms with Crippen molar-refractivity contribution in [2.24, 2.45) is 10.7 Å². The first-order valence-corrected chi connectivity index (χ1v) is 11.4. The number of carbonyl (C=O) groups excluding carboxylic acids is 3. The Labute approximate surface area is 185 Å². The number of unbranched alkanes of at least 4 members (excludes halogenated alkanes) is 1. The summed E-state index contributed by atoms with van der Waals surface area (Å²) in [5.74, 6) is -1.83. The number of amides is 3. The second kappa shape index (κ2) is 11.9. The summed E-state index contributed by atoms with van der Waals surface area (Å²) in [5.41, 5.74) is 5.87. The fourth-order valence-electron chi connectivity index (χ4n) is 2.36. The van der Waals surface area contributed by atoms with E-state index in [2.05, 4.69) is 4.99 Å². The van der Waals surface area contributed by atoms with Gasteiger partial charge in [0.2, 0.25) is 15.9 Å². The largest absolute Gasteiger partial charge is 0.421 e. The van der Waals surface area contributed by atoms with E-state index in [9.17, 15) is 22.8 Å². The minimum absolute atomic E-state index is 0.0380. The molecule has 0 spiro atoms. The van der Waals surface area contributed by atoms with E-state index in [4.69, 9.17) is 15.3 Å². The van der Waals surface area contributed by atoms with Gasteiger partial charge in [0.1, 0.15) is 6.61 Å². The molecule has 0 atom stereocenters. The molecule has 3 amide bonds. The summed E-state index contributed by atoms with van der Waals surface area (Å²) in [6.07, 6.45) is 0.968. The number of carbonyl (C=O) groups is 3. The molecule has 1 aliphatic heterocycles. The predicted octanol–water partition coefficient (Wildman–Crippen LogP) is 0.131. The molecule has 2 rings (SSSR count). The molecule has 1 heterocycles. The van der Waals surface area contributed by atoms with E-state index in [1.54, 1.807) is 24.3 Å². The summed E-state index contributed by atoms with van der Waals surface area (Å²) >= 11 is 0. The zero-order valence-electron chi connectivity index (χ0n) is 17.4. The Balaban J connectivity index is 2.14. The summed E-state index contributed by atoms with van der Waals surface area (Å²) in [6.45, 7) is 1.18. The van der Waals surface area contributed by atoms with Crippen LogP contribution in [0.5, 0.6) is 0 Å². The van der Waals surface area contributed by atoms with Gasteiger partial charge in [0.25, 0.3) is 5.91 Å². The van der Waals surface area contributed by atoms with Crippen molar-refractivity contribution in [1.29, 1.82) is 0 Å². The average Bonchev–Trinajstić information content (AvgIpc) is 2.77. The number of nitrogens with one attached hydrogen (secondary N) is 2. The monoisotopic (exact) mass is 467 g/mol. The molecule has 0 fully saturated rings. The van der Waals surface area contributed by atoms with Gasteiger partial charge in [0.15, 0.2) is 0 Å². The van der Waals surface area contributed by atoms with Gasteiger partial charge in [0, 0.05) is 6.20 Å². The molecule has 32 heavy (non-hydrogen) atoms. The standard InChI is InChI=1S/C19H25N5O7S/c1-2-3-9-32(28,29)23-17(26)15-11-21-18(31-19(27)22-16(25)10-20)24(12-15)30-13-14-7-5-4-6-8-14/h4-8,11H,2-3,9-10,12-13,20H2,1H3,(H,23,26)(H,22,25,27). The molecule has 0 saturated heterocycles. The highest BCUT2D eigenvalue weighted by molar-refractivity contribution is 7.90. The molecule has 12 nitrogen and oxygen atoms in total. The molecule has 0 radical (unpaired) electrons. The normalized spacial score (nSPS) is 13.6. The van der Waals surface area contributed by atoms with E-state index >= 15 is 0 Å². The Hall–Kier alpha value is -3.29. The molecule has 0 unspecified atom stereocenters. The number of rotatable bonds is 9. The molecule has 1 aromatic rings. The van der Waals surface area contributed by atoms with Gasteiger partial charge in [-0.25, -0.2) is 22.9 Å². The van der Waals surface area contributed by atoms with E-state index in [-0.39, 0.29) is 30.5 Å². The van der Waals surface area contributed by atoms with Crippen molar-refractivity contribution in [1.82, 2.24) is 15.1 Å². The number of alkyl carbamates (subject to hydrolysis) is 1. The van der Waals surface area contributed by atoms with E-state index in [1.807, 2.05) is 23.0 Å². The lowest BCUT2D eigenvalue weighted by molar-refractivity contribution is -0.127. The number of hydrogen-bond acceptors (Lipinski definition) is 10. The van der Waals surface area contributed by atoms with E-state index < -0.39 is 34.5 Å². The lowest BCUT2D eigenvalue weighted by atomic mass is 10.2. The minimum Gasteiger partial charge on any atom is -0.374 e. The Bertz CT molecular complexity index is 993. The van der Waals surface area contributed by atoms with Crippen molar-refractivity contribution < 1.29 is 32.4 Å². The maximum atomic E-state index is 12.4. The van der Waals surface area contributed by atoms with Gasteiger partial charge in [-0.15, -0.1) is 0 Å². The van der Waals surface area contributed by atoms with E-state index in [0.717, 1.165) is 16.8 Å². The van der Waals surface area contributed by atoms with Crippen molar-refractivity contribution in [2.45, 2.75) is 26.4 Å². The molecular formula is C19H25N5O7S. The maximum absolute atomic E-state index is 12.4. The van der Waals surface area contributed by atoms with Crippen LogP contribution >= 0.6 is 0 Å². The number of nitrogens with two attached hydrogens (primary N) is 1. The molecule has 1 aromatic carbocycles. The van der Waals surface area contributed by atoms with Crippen LogP contribution in [0.1, 0.15) is 25.3 Å². The van der Waals surface area contributed by atoms with Crippen LogP contribution in [0.15, 0.2) is 47.1 Å². The van der Waals surface area contributed by atoms with E-state index in [1.165, 1.54) is 0 Å². The van der Waals surface area contributed by atoms with Crippen molar-refractivity contribution >= 4 is 34.0 Å². The highest BCUT2D eigenvalue weighted by atomic mass is 32.2. The highest BCUT2D eigenvalue weighted by Crippen LogP contribution is 2.13. The Morgan fingerprint density at radius 2 is 1.94 bits per heavy atom. The smallest absolute Gasteiger partial charge is 0.374 e. The fourth-order valence-corrected chi connectivity index (χ4v) is 3.55. The molecule has 0 aliphatic carbocycles. The van der Waals surface area contributed by atoms with Crippen molar-refractivity contribution in [3.05, 3.63) is 47.7 Å². The third-order valence-electron chi connectivity index (χ3n) is 4.01. The van der Waals surface area contributed by atoms with Gasteiger partial charge in [-0.05, 0) is 12.0 Å². The van der Waals surface area contributed by atoms with Crippen LogP contribution in [-0.4, -0.2) is 56.3 Å². The lowest BCUT2D eigenvalue weighted by Gasteiger charge is -2.26. The van der Waals surface area contributed by atoms with Crippen LogP contribution in [0, 0.1) is 0 Å². The predicted molar refractivity (Wildman–Crippen MR) is 114 cm³/mol. The Kier molecular flexibility index (Phi) is 9.31. The first kappa shape index (κ1) is 25.0. The number of aliphatic imine (C=N–C) groups is 1. The van der Waals surface area contributed by atoms with Crippen LogP contribution in [0.4, 0.5) is 4.79 Å². The summed E-state index contributed by atoms with van der Waals surface area (Å²) < 4.78 is 31.0. The van der Waals surface area contributed by atoms with E-state index in [0.29, 0.717) is 12.8 Å². The number of imide groups is 1. The zero-order valence-corrected chi connectivity index (χ0v) is 18.3. The molecule has 4 N–H and O–H groups in total. The first-order valence-electron chi connectivity index (χ1n) is 9.72. The molecule has 174 valence electrons. The van der Waals surface area contributed by atoms with Crippen LogP contribution in [0.3, 0.4) is 0 Å². The summed E-state index contributed by atoms with van der Waals surface area (Å²) in [7, 11) is -3.81. The minimum atomic E-state index is -3.81. The van der Waals surface area contributed by atoms with Crippen LogP contribution in [0.2, 0.25) is 0 Å². The third-order valence-corrected chi connectivity index (χ3v) is 5.33. The number of nitrogens with zero attached hydrogens (tertiary/aromatic N) is 2. The molecular weight excluding hydrogens is 442 g/mol. The van der Waals surface area contributed by atoms with Gasteiger partial charge < -0.3 is 10.5 Å². The molecule has 1 aliphatic rings. The van der Waals surface area contributed by atoms with Crippen LogP contribution in [0.25, 0.3) is 0 Å². The van der Waals surface area contributed by atoms with Gasteiger partial charge in [-0.3, -0.25) is 19.7 Å². The van der Waals surface area contributed by atoms with Gasteiger partial charge in [-0.1, -0.05) is 43.7 Å². The van der Waals surface area contributed by atoms with Crippen molar-refractivity contribution in [3.8, 4) is 0 Å². The second-order valence-corrected chi connectivity index (χ2v) is 8.45. The summed E-state index contributed by atoms with van der Waals surface area (Å²) in [4.78, 5) is 45.0. The summed E-state index contributed by atoms with van der Waals surface area (Å²) in [6, 6.07) is 8.64. The van der Waals surface area contributed by atoms with Gasteiger partial charge in [-0.2, -0.15) is 5.06 Å². The number of sulfonamides is 1. The third kappa shape index (κ3) is 8.09. The molecule has 13 heteroatoms.